The molecule has 0 aliphatic heterocycles. The minimum atomic E-state index is -0.950. The first kappa shape index (κ1) is 28.0. The maximum atomic E-state index is 13.1. The summed E-state index contributed by atoms with van der Waals surface area (Å²) in [6.45, 7) is 0. The van der Waals surface area contributed by atoms with Gasteiger partial charge in [0.05, 0.1) is 36.5 Å². The van der Waals surface area contributed by atoms with Crippen molar-refractivity contribution < 1.29 is 38.2 Å². The normalized spacial score (nSPS) is 10.2. The highest BCUT2D eigenvalue weighted by molar-refractivity contribution is 6.68. The summed E-state index contributed by atoms with van der Waals surface area (Å²) >= 11 is 10.9. The van der Waals surface area contributed by atoms with Gasteiger partial charge in [-0.3, -0.25) is 19.2 Å². The van der Waals surface area contributed by atoms with E-state index in [0.717, 1.165) is 26.4 Å². The molecule has 0 saturated heterocycles. The first-order valence-corrected chi connectivity index (χ1v) is 11.4. The second-order valence-electron chi connectivity index (χ2n) is 7.54. The zero-order chi connectivity index (χ0) is 28.0. The monoisotopic (exact) mass is 556 g/mol. The largest absolute Gasteiger partial charge is 0.465 e. The summed E-state index contributed by atoms with van der Waals surface area (Å²) in [4.78, 5) is 73.8. The zero-order valence-corrected chi connectivity index (χ0v) is 21.3. The van der Waals surface area contributed by atoms with Crippen LogP contribution in [0.3, 0.4) is 0 Å². The lowest BCUT2D eigenvalue weighted by molar-refractivity contribution is 0.0583. The highest BCUT2D eigenvalue weighted by Gasteiger charge is 2.27. The number of amides is 2. The second kappa shape index (κ2) is 12.1. The van der Waals surface area contributed by atoms with Crippen molar-refractivity contribution in [3.63, 3.8) is 0 Å². The van der Waals surface area contributed by atoms with Crippen LogP contribution in [0.2, 0.25) is 0 Å². The van der Waals surface area contributed by atoms with E-state index >= 15 is 0 Å². The smallest absolute Gasteiger partial charge is 0.338 e. The summed E-state index contributed by atoms with van der Waals surface area (Å²) < 4.78 is 9.54. The van der Waals surface area contributed by atoms with E-state index in [2.05, 4.69) is 10.6 Å². The number of methoxy groups -OCH3 is 2. The molecule has 3 aromatic rings. The number of rotatable bonds is 8. The first-order chi connectivity index (χ1) is 18.0. The Hall–Kier alpha value is -4.54. The van der Waals surface area contributed by atoms with Gasteiger partial charge in [-0.25, -0.2) is 9.59 Å². The van der Waals surface area contributed by atoms with Crippen LogP contribution in [0.4, 0.5) is 11.4 Å². The second-order valence-corrected chi connectivity index (χ2v) is 8.22. The lowest BCUT2D eigenvalue weighted by atomic mass is 9.96. The van der Waals surface area contributed by atoms with Crippen LogP contribution >= 0.6 is 23.2 Å². The summed E-state index contributed by atoms with van der Waals surface area (Å²) in [5.41, 5.74) is -0.260. The van der Waals surface area contributed by atoms with Gasteiger partial charge in [0.2, 0.25) is 0 Å². The molecule has 0 aliphatic rings. The summed E-state index contributed by atoms with van der Waals surface area (Å²) in [5, 5.41) is 3.71. The fourth-order valence-electron chi connectivity index (χ4n) is 3.30. The molecule has 0 bridgehead atoms. The Morgan fingerprint density at radius 3 is 1.13 bits per heavy atom. The standard InChI is InChI=1S/C26H18Cl2N2O8/c1-37-25(35)19-11-18(24(34)30-16-9-5-14(6-10-16)22(28)32)20(26(36)38-2)12-17(19)23(33)29-15-7-3-13(4-8-15)21(27)31/h3-12H,1-2H3,(H,29,33)(H,30,34). The summed E-state index contributed by atoms with van der Waals surface area (Å²) in [6, 6.07) is 13.3. The molecule has 0 unspecified atom stereocenters. The van der Waals surface area contributed by atoms with E-state index in [1.807, 2.05) is 0 Å². The van der Waals surface area contributed by atoms with Crippen LogP contribution in [0, 0.1) is 0 Å². The van der Waals surface area contributed by atoms with Crippen molar-refractivity contribution in [1.82, 2.24) is 0 Å². The Morgan fingerprint density at radius 1 is 0.553 bits per heavy atom. The molecular weight excluding hydrogens is 539 g/mol. The molecule has 38 heavy (non-hydrogen) atoms. The molecule has 10 nitrogen and oxygen atoms in total. The summed E-state index contributed by atoms with van der Waals surface area (Å²) in [5.74, 6) is -3.52. The van der Waals surface area contributed by atoms with E-state index in [1.165, 1.54) is 48.5 Å². The number of hydrogen-bond donors (Lipinski definition) is 2. The van der Waals surface area contributed by atoms with Crippen LogP contribution in [0.1, 0.15) is 62.1 Å². The van der Waals surface area contributed by atoms with Crippen molar-refractivity contribution in [3.8, 4) is 0 Å². The SMILES string of the molecule is COC(=O)c1cc(C(=O)Nc2ccc(C(=O)Cl)cc2)c(C(=O)OC)cc1C(=O)Nc1ccc(C(=O)Cl)cc1. The summed E-state index contributed by atoms with van der Waals surface area (Å²) in [7, 11) is 2.17. The van der Waals surface area contributed by atoms with Crippen molar-refractivity contribution in [2.75, 3.05) is 24.9 Å². The van der Waals surface area contributed by atoms with Crippen molar-refractivity contribution in [1.29, 1.82) is 0 Å². The van der Waals surface area contributed by atoms with E-state index in [-0.39, 0.29) is 44.8 Å². The zero-order valence-electron chi connectivity index (χ0n) is 19.8. The molecule has 2 N–H and O–H groups in total. The van der Waals surface area contributed by atoms with Gasteiger partial charge in [-0.2, -0.15) is 0 Å². The number of carbonyl (C=O) groups is 6. The van der Waals surface area contributed by atoms with Crippen LogP contribution < -0.4 is 10.6 Å². The molecule has 0 radical (unpaired) electrons. The Bertz CT molecular complexity index is 1340. The molecule has 3 rings (SSSR count). The van der Waals surface area contributed by atoms with Crippen molar-refractivity contribution >= 4 is 68.8 Å². The van der Waals surface area contributed by atoms with E-state index in [0.29, 0.717) is 0 Å². The van der Waals surface area contributed by atoms with Gasteiger partial charge in [-0.15, -0.1) is 0 Å². The first-order valence-electron chi connectivity index (χ1n) is 10.6. The van der Waals surface area contributed by atoms with E-state index in [4.69, 9.17) is 32.7 Å². The number of halogens is 2. The molecule has 0 saturated carbocycles. The van der Waals surface area contributed by atoms with Crippen LogP contribution in [-0.4, -0.2) is 48.5 Å². The number of nitrogens with one attached hydrogen (secondary N) is 2. The van der Waals surface area contributed by atoms with Crippen molar-refractivity contribution in [2.45, 2.75) is 0 Å². The Balaban J connectivity index is 2.03. The van der Waals surface area contributed by atoms with E-state index in [1.54, 1.807) is 0 Å². The van der Waals surface area contributed by atoms with Crippen molar-refractivity contribution in [2.24, 2.45) is 0 Å². The van der Waals surface area contributed by atoms with Gasteiger partial charge in [-0.05, 0) is 83.9 Å². The lowest BCUT2D eigenvalue weighted by Gasteiger charge is -2.15. The van der Waals surface area contributed by atoms with Gasteiger partial charge in [0.1, 0.15) is 0 Å². The minimum Gasteiger partial charge on any atom is -0.465 e. The van der Waals surface area contributed by atoms with Gasteiger partial charge in [0.25, 0.3) is 22.3 Å². The third kappa shape index (κ3) is 6.41. The number of ether oxygens (including phenoxy) is 2. The van der Waals surface area contributed by atoms with Gasteiger partial charge >= 0.3 is 11.9 Å². The fraction of sp³-hybridized carbons (Fsp3) is 0.0769. The third-order valence-corrected chi connectivity index (χ3v) is 5.63. The number of esters is 2. The Morgan fingerprint density at radius 2 is 0.868 bits per heavy atom. The highest BCUT2D eigenvalue weighted by Crippen LogP contribution is 2.23. The Kier molecular flexibility index (Phi) is 8.95. The predicted octanol–water partition coefficient (Wildman–Crippen LogP) is 4.52. The molecule has 0 spiro atoms. The molecule has 0 atom stereocenters. The molecule has 12 heteroatoms. The number of carbonyl (C=O) groups excluding carboxylic acids is 6. The fourth-order valence-corrected chi connectivity index (χ4v) is 3.55. The lowest BCUT2D eigenvalue weighted by Crippen LogP contribution is -2.23. The van der Waals surface area contributed by atoms with E-state index < -0.39 is 34.2 Å². The highest BCUT2D eigenvalue weighted by atomic mass is 35.5. The third-order valence-electron chi connectivity index (χ3n) is 5.20. The van der Waals surface area contributed by atoms with Gasteiger partial charge < -0.3 is 20.1 Å². The average Bonchev–Trinajstić information content (AvgIpc) is 2.91. The Labute approximate surface area is 225 Å². The number of hydrogen-bond acceptors (Lipinski definition) is 8. The van der Waals surface area contributed by atoms with Crippen molar-refractivity contribution in [3.05, 3.63) is 94.0 Å². The van der Waals surface area contributed by atoms with Crippen LogP contribution in [0.5, 0.6) is 0 Å². The molecule has 0 fully saturated rings. The molecule has 0 aromatic heterocycles. The maximum absolute atomic E-state index is 13.1. The van der Waals surface area contributed by atoms with Gasteiger partial charge in [0.15, 0.2) is 0 Å². The molecule has 2 amide bonds. The van der Waals surface area contributed by atoms with Crippen LogP contribution in [0.15, 0.2) is 60.7 Å². The maximum Gasteiger partial charge on any atom is 0.338 e. The molecule has 3 aromatic carbocycles. The quantitative estimate of drug-likeness (QED) is 0.304. The number of benzene rings is 3. The molecule has 0 aliphatic carbocycles. The number of anilines is 2. The topological polar surface area (TPSA) is 145 Å². The molecule has 0 heterocycles. The molecular formula is C26H18Cl2N2O8. The molecule has 194 valence electrons. The van der Waals surface area contributed by atoms with Gasteiger partial charge in [-0.1, -0.05) is 0 Å². The van der Waals surface area contributed by atoms with Crippen LogP contribution in [-0.2, 0) is 9.47 Å². The average molecular weight is 557 g/mol. The minimum absolute atomic E-state index is 0.201. The van der Waals surface area contributed by atoms with E-state index in [9.17, 15) is 28.8 Å². The summed E-state index contributed by atoms with van der Waals surface area (Å²) in [6.07, 6.45) is 0. The predicted molar refractivity (Wildman–Crippen MR) is 138 cm³/mol. The van der Waals surface area contributed by atoms with Gasteiger partial charge in [0, 0.05) is 22.5 Å². The van der Waals surface area contributed by atoms with Crippen LogP contribution in [0.25, 0.3) is 0 Å².